The Bertz CT molecular complexity index is 2480. The number of carbonyl (C=O) groups is 1. The van der Waals surface area contributed by atoms with Crippen molar-refractivity contribution in [1.29, 1.82) is 0 Å². The van der Waals surface area contributed by atoms with Crippen molar-refractivity contribution in [2.45, 2.75) is 285 Å². The van der Waals surface area contributed by atoms with Crippen LogP contribution in [0.4, 0.5) is 0 Å². The number of rotatable bonds is 14. The number of carbonyl (C=O) groups excluding carboxylic acids is 1. The van der Waals surface area contributed by atoms with Gasteiger partial charge in [-0.3, -0.25) is 4.79 Å². The van der Waals surface area contributed by atoms with Gasteiger partial charge in [0.1, 0.15) is 116 Å². The van der Waals surface area contributed by atoms with Gasteiger partial charge in [0.05, 0.1) is 56.3 Å². The van der Waals surface area contributed by atoms with Crippen molar-refractivity contribution in [3.8, 4) is 0 Å². The van der Waals surface area contributed by atoms with Gasteiger partial charge in [-0.05, 0) is 91.3 Å². The second-order valence-electron chi connectivity index (χ2n) is 29.8. The minimum absolute atomic E-state index is 0.0128. The number of hydrogen-bond donors (Lipinski definition) is 16. The Morgan fingerprint density at radius 3 is 1.57 bits per heavy atom. The third kappa shape index (κ3) is 10.8. The summed E-state index contributed by atoms with van der Waals surface area (Å²) in [6.07, 6.45) is -38.7. The van der Waals surface area contributed by atoms with Crippen molar-refractivity contribution >= 4 is 5.97 Å². The van der Waals surface area contributed by atoms with E-state index in [1.807, 2.05) is 0 Å². The summed E-state index contributed by atoms with van der Waals surface area (Å²) in [7, 11) is 0. The number of hydrogen-bond acceptors (Lipinski definition) is 29. The lowest BCUT2D eigenvalue weighted by molar-refractivity contribution is -0.395. The van der Waals surface area contributed by atoms with Crippen LogP contribution in [0.2, 0.25) is 0 Å². The van der Waals surface area contributed by atoms with Crippen LogP contribution < -0.4 is 0 Å². The number of aliphatic hydroxyl groups is 16. The first-order chi connectivity index (χ1) is 41.7. The smallest absolute Gasteiger partial charge is 0.302 e. The summed E-state index contributed by atoms with van der Waals surface area (Å²) in [5.74, 6) is -0.663. The van der Waals surface area contributed by atoms with Crippen molar-refractivity contribution in [3.63, 3.8) is 0 Å². The molecule has 4 unspecified atom stereocenters. The molecule has 512 valence electrons. The summed E-state index contributed by atoms with van der Waals surface area (Å²) < 4.78 is 73.5. The third-order valence-corrected chi connectivity index (χ3v) is 24.3. The molecule has 0 aromatic heterocycles. The van der Waals surface area contributed by atoms with Gasteiger partial charge in [-0.1, -0.05) is 48.5 Å². The summed E-state index contributed by atoms with van der Waals surface area (Å²) >= 11 is 0. The van der Waals surface area contributed by atoms with E-state index in [-0.39, 0.29) is 28.6 Å². The number of fused-ring (bicyclic) bond motifs is 4. The molecule has 35 atom stereocenters. The molecule has 11 rings (SSSR count). The first-order valence-corrected chi connectivity index (χ1v) is 31.7. The van der Waals surface area contributed by atoms with E-state index >= 15 is 0 Å². The van der Waals surface area contributed by atoms with Gasteiger partial charge in [-0.25, -0.2) is 0 Å². The Morgan fingerprint density at radius 1 is 0.472 bits per heavy atom. The highest BCUT2D eigenvalue weighted by Gasteiger charge is 2.84. The van der Waals surface area contributed by atoms with E-state index in [9.17, 15) is 86.5 Å². The fourth-order valence-electron chi connectivity index (χ4n) is 19.5. The monoisotopic (exact) mass is 1280 g/mol. The summed E-state index contributed by atoms with van der Waals surface area (Å²) in [6.45, 7) is 13.2. The van der Waals surface area contributed by atoms with Gasteiger partial charge in [-0.15, -0.1) is 0 Å². The lowest BCUT2D eigenvalue weighted by atomic mass is 9.30. The van der Waals surface area contributed by atoms with E-state index in [0.717, 1.165) is 19.3 Å². The highest BCUT2D eigenvalue weighted by molar-refractivity contribution is 5.66. The average Bonchev–Trinajstić information content (AvgIpc) is 1.57. The summed E-state index contributed by atoms with van der Waals surface area (Å²) in [6, 6.07) is 0. The van der Waals surface area contributed by atoms with Crippen molar-refractivity contribution in [3.05, 3.63) is 0 Å². The van der Waals surface area contributed by atoms with E-state index in [4.69, 9.17) is 56.8 Å². The molecule has 29 nitrogen and oxygen atoms in total. The molecule has 6 aliphatic heterocycles. The molecule has 0 aromatic carbocycles. The topological polar surface area (TPSA) is 452 Å². The quantitative estimate of drug-likeness (QED) is 0.0577. The largest absolute Gasteiger partial charge is 0.462 e. The van der Waals surface area contributed by atoms with Crippen molar-refractivity contribution in [2.24, 2.45) is 50.2 Å². The summed E-state index contributed by atoms with van der Waals surface area (Å²) in [4.78, 5) is 12.7. The lowest BCUT2D eigenvalue weighted by Crippen LogP contribution is -2.75. The van der Waals surface area contributed by atoms with Crippen molar-refractivity contribution in [1.82, 2.24) is 0 Å². The van der Waals surface area contributed by atoms with E-state index < -0.39 is 232 Å². The van der Waals surface area contributed by atoms with Gasteiger partial charge in [0.2, 0.25) is 0 Å². The SMILES string of the molecule is CC(=O)O[C@H]1CC(C)(C)CC2[C@]13C(O)O[C@@]21CCC2[C@@]4(C)CC[C@H](O[C@@H]5OC[C@H](O[C@@H]6O[C@H](CO)[C@@H](O)[C@H](O)[C@H]6O[C@@H]6OC[C@@H](O[C@@H]7O[C@H](CO)[C@@H](O)[C@H](O)[C@H]7O)[C@H](O)[C@H]6O)[C@H](O)[C@H]5O[C@@H]5O[C@H](CO)[C@@H](O)[C@H](O)[C@H]5O)C(C)(C)C4CC[C@@]2(C)[C@]1(C)C[C@H]3O. The Balaban J connectivity index is 0.822. The zero-order chi connectivity index (χ0) is 64.8. The van der Waals surface area contributed by atoms with E-state index in [1.54, 1.807) is 0 Å². The predicted octanol–water partition coefficient (Wildman–Crippen LogP) is -4.39. The minimum Gasteiger partial charge on any atom is -0.462 e. The Hall–Kier alpha value is -1.61. The molecule has 1 spiro atoms. The standard InChI is InChI=1S/C60H98O29/c1-23(64)80-34-17-54(2,3)15-31-59-14-10-30-56(6)12-11-33(55(4,5)29(56)9-13-57(30,7)58(59,8)16-32(65)60(31,34)53(77)89-59)86-51-46(88-50-45(76)41(72)36(67)25(19-62)82-50)39(70)28(22-79-51)85-52-47(42(73)37(68)26(20-63)83-52)87-48-43(74)38(69)27(21-78-48)84-49-44(75)40(71)35(66)24(18-61)81-49/h24-53,61-63,65-77H,9-22H2,1-8H3/t24-,25-,26-,27-,28+,29?,30?,31?,32-,33+,34+,35-,36-,37-,38+,39+,40+,41+,42+,43-,44-,45-,46-,47-,48+,49+,50+,51+,52+,53?,56+,57-,58+,59+,60-/m1/s1. The molecule has 89 heavy (non-hydrogen) atoms. The molecule has 29 heteroatoms. The maximum atomic E-state index is 12.7. The molecule has 2 bridgehead atoms. The van der Waals surface area contributed by atoms with Crippen molar-refractivity contribution in [2.75, 3.05) is 33.0 Å². The van der Waals surface area contributed by atoms with Crippen LogP contribution in [0.5, 0.6) is 0 Å². The summed E-state index contributed by atoms with van der Waals surface area (Å²) in [5.41, 5.74) is -4.30. The molecule has 0 aromatic rings. The fraction of sp³-hybridized carbons (Fsp3) is 0.983. The van der Waals surface area contributed by atoms with E-state index in [1.165, 1.54) is 6.92 Å². The molecule has 11 aliphatic rings. The zero-order valence-corrected chi connectivity index (χ0v) is 51.7. The highest BCUT2D eigenvalue weighted by atomic mass is 16.8. The Kier molecular flexibility index (Phi) is 19.2. The first-order valence-electron chi connectivity index (χ1n) is 31.7. The van der Waals surface area contributed by atoms with Gasteiger partial charge in [0, 0.05) is 18.3 Å². The maximum absolute atomic E-state index is 12.7. The third-order valence-electron chi connectivity index (χ3n) is 24.3. The molecule has 0 radical (unpaired) electrons. The number of esters is 1. The molecule has 6 saturated heterocycles. The van der Waals surface area contributed by atoms with Crippen LogP contribution >= 0.6 is 0 Å². The van der Waals surface area contributed by atoms with Crippen LogP contribution in [-0.4, -0.2) is 292 Å². The molecule has 11 fully saturated rings. The van der Waals surface area contributed by atoms with Gasteiger partial charge in [0.15, 0.2) is 37.7 Å². The number of aliphatic hydroxyl groups excluding tert-OH is 16. The molecule has 6 heterocycles. The van der Waals surface area contributed by atoms with E-state index in [2.05, 4.69) is 48.5 Å². The van der Waals surface area contributed by atoms with Crippen LogP contribution in [0.1, 0.15) is 113 Å². The minimum atomic E-state index is -2.03. The highest BCUT2D eigenvalue weighted by Crippen LogP contribution is 2.81. The van der Waals surface area contributed by atoms with E-state index in [0.29, 0.717) is 38.5 Å². The predicted molar refractivity (Wildman–Crippen MR) is 295 cm³/mol. The maximum Gasteiger partial charge on any atom is 0.302 e. The zero-order valence-electron chi connectivity index (χ0n) is 51.7. The van der Waals surface area contributed by atoms with Crippen molar-refractivity contribution < 1.29 is 143 Å². The van der Waals surface area contributed by atoms with Crippen LogP contribution in [0.3, 0.4) is 0 Å². The molecular formula is C60H98O29. The van der Waals surface area contributed by atoms with Gasteiger partial charge >= 0.3 is 5.97 Å². The van der Waals surface area contributed by atoms with Crippen LogP contribution in [0, 0.1) is 50.2 Å². The van der Waals surface area contributed by atoms with Gasteiger partial charge in [-0.2, -0.15) is 0 Å². The van der Waals surface area contributed by atoms with Crippen LogP contribution in [-0.2, 0) is 61.6 Å². The van der Waals surface area contributed by atoms with Gasteiger partial charge < -0.3 is 139 Å². The second-order valence-corrected chi connectivity index (χ2v) is 29.8. The molecule has 5 aliphatic carbocycles. The second kappa shape index (κ2) is 24.8. The normalized spacial score (nSPS) is 56.1. The Labute approximate surface area is 515 Å². The average molecular weight is 1280 g/mol. The molecule has 16 N–H and O–H groups in total. The van der Waals surface area contributed by atoms with Crippen LogP contribution in [0.15, 0.2) is 0 Å². The first kappa shape index (κ1) is 68.8. The number of ether oxygens (including phenoxy) is 12. The van der Waals surface area contributed by atoms with Gasteiger partial charge in [0.25, 0.3) is 0 Å². The molecular weight excluding hydrogens is 1180 g/mol. The molecule has 5 saturated carbocycles. The Morgan fingerprint density at radius 2 is 0.978 bits per heavy atom. The summed E-state index contributed by atoms with van der Waals surface area (Å²) in [5, 5.41) is 177. The lowest BCUT2D eigenvalue weighted by Gasteiger charge is -2.75. The molecule has 0 amide bonds. The van der Waals surface area contributed by atoms with Crippen LogP contribution in [0.25, 0.3) is 0 Å². The fourth-order valence-corrected chi connectivity index (χ4v) is 19.5.